The van der Waals surface area contributed by atoms with E-state index >= 15 is 9.59 Å². The van der Waals surface area contributed by atoms with E-state index in [2.05, 4.69) is 74.0 Å². The zero-order chi connectivity index (χ0) is 91.8. The Balaban J connectivity index is 0.976. The molecule has 0 spiro atoms. The minimum atomic E-state index is -4.50. The van der Waals surface area contributed by atoms with Gasteiger partial charge in [0.2, 0.25) is 65.0 Å². The number of fused-ring (bicyclic) bond motifs is 1. The van der Waals surface area contributed by atoms with Crippen molar-refractivity contribution in [1.29, 1.82) is 5.41 Å². The van der Waals surface area contributed by atoms with E-state index in [1.54, 1.807) is 109 Å². The number of carbonyl (C=O) groups excluding carboxylic acids is 12. The predicted octanol–water partition coefficient (Wildman–Crippen LogP) is 3.23. The summed E-state index contributed by atoms with van der Waals surface area (Å²) < 4.78 is 33.7. The van der Waals surface area contributed by atoms with Gasteiger partial charge in [0.25, 0.3) is 16.0 Å². The largest absolute Gasteiger partial charge is 0.383 e. The van der Waals surface area contributed by atoms with Gasteiger partial charge in [-0.15, -0.1) is 0 Å². The highest BCUT2D eigenvalue weighted by Crippen LogP contribution is 2.30. The van der Waals surface area contributed by atoms with Crippen molar-refractivity contribution < 1.29 is 70.5 Å². The minimum absolute atomic E-state index is 0.00777. The van der Waals surface area contributed by atoms with Gasteiger partial charge < -0.3 is 102 Å². The molecule has 0 unspecified atom stereocenters. The number of anilines is 2. The number of benzene rings is 6. The maximum atomic E-state index is 15.1. The Labute approximate surface area is 735 Å². The van der Waals surface area contributed by atoms with Gasteiger partial charge in [-0.1, -0.05) is 98.8 Å². The number of nitrogens with one attached hydrogen (secondary N) is 13. The molecule has 0 aromatic heterocycles. The highest BCUT2D eigenvalue weighted by Gasteiger charge is 2.40. The third-order valence-electron chi connectivity index (χ3n) is 21.1. The summed E-state index contributed by atoms with van der Waals surface area (Å²) in [6, 6.07) is 27.9. The molecular weight excluding hydrogens is 1640 g/mol. The normalized spacial score (nSPS) is 14.7. The van der Waals surface area contributed by atoms with E-state index in [-0.39, 0.29) is 139 Å². The van der Waals surface area contributed by atoms with E-state index in [9.17, 15) is 60.9 Å². The number of nitrogens with two attached hydrogens (primary N) is 5. The van der Waals surface area contributed by atoms with Crippen LogP contribution in [-0.4, -0.2) is 215 Å². The van der Waals surface area contributed by atoms with Gasteiger partial charge in [0.15, 0.2) is 5.96 Å². The van der Waals surface area contributed by atoms with E-state index < -0.39 is 136 Å². The molecule has 1 heterocycles. The Kier molecular flexibility index (Phi) is 41.2. The van der Waals surface area contributed by atoms with E-state index in [1.165, 1.54) is 24.0 Å². The summed E-state index contributed by atoms with van der Waals surface area (Å²) in [5.41, 5.74) is 33.8. The van der Waals surface area contributed by atoms with Crippen LogP contribution in [0, 0.1) is 11.3 Å². The highest BCUT2D eigenvalue weighted by molar-refractivity contribution is 7.86. The SMILES string of the molecule is CC(C)C[C@H](NC(=O)[C@H](CCCNC(=N)N)NC(=O)[C@H](Cc1ccccc1)NC(=O)[C@H](Cc1ccccc1)NC(=O)[C@H](CCCCN)NC(=O)[C@H](C)NC(=O)[C@@H]1CCCN1C(=O)[C@H](CCCCN)NC(=O)[C@@H](N)CCC(=O)NCCNc1cccc2c(S(=O)(=O)O)cccc12)C(=O)N[C@@H](CCCCNC(=O)c1ccc(N=Nc2ccc(N(C)C)cc2)cc1)C(N)=O. The van der Waals surface area contributed by atoms with Gasteiger partial charge in [0, 0.05) is 93.8 Å². The first kappa shape index (κ1) is 101. The van der Waals surface area contributed by atoms with Crippen LogP contribution >= 0.6 is 0 Å². The van der Waals surface area contributed by atoms with Crippen LogP contribution in [0.3, 0.4) is 0 Å². The van der Waals surface area contributed by atoms with Gasteiger partial charge in [0.1, 0.15) is 59.3 Å². The summed E-state index contributed by atoms with van der Waals surface area (Å²) in [4.78, 5) is 173. The Morgan fingerprint density at radius 2 is 1.00 bits per heavy atom. The summed E-state index contributed by atoms with van der Waals surface area (Å²) in [5, 5.41) is 50.6. The van der Waals surface area contributed by atoms with Crippen molar-refractivity contribution >= 4 is 120 Å². The van der Waals surface area contributed by atoms with E-state index in [4.69, 9.17) is 34.1 Å². The number of likely N-dealkylation sites (tertiary alicyclic amines) is 1. The lowest BCUT2D eigenvalue weighted by Gasteiger charge is -2.30. The number of unbranched alkanes of at least 4 members (excludes halogenated alkanes) is 3. The Morgan fingerprint density at radius 3 is 1.56 bits per heavy atom. The van der Waals surface area contributed by atoms with Crippen molar-refractivity contribution in [2.24, 2.45) is 44.8 Å². The van der Waals surface area contributed by atoms with Gasteiger partial charge >= 0.3 is 0 Å². The van der Waals surface area contributed by atoms with Crippen LogP contribution in [-0.2, 0) is 75.7 Å². The molecule has 1 aliphatic heterocycles. The van der Waals surface area contributed by atoms with Crippen LogP contribution in [0.15, 0.2) is 161 Å². The number of nitrogens with zero attached hydrogens (tertiary/aromatic N) is 4. The van der Waals surface area contributed by atoms with Crippen LogP contribution < -0.4 is 97.4 Å². The summed E-state index contributed by atoms with van der Waals surface area (Å²) in [6.45, 7) is 6.31. The van der Waals surface area contributed by atoms with Crippen LogP contribution in [0.5, 0.6) is 0 Å². The maximum Gasteiger partial charge on any atom is 0.295 e. The number of hydrogen-bond donors (Lipinski definition) is 19. The van der Waals surface area contributed by atoms with E-state index in [1.807, 2.05) is 57.1 Å². The molecule has 1 saturated heterocycles. The first-order chi connectivity index (χ1) is 60.2. The lowest BCUT2D eigenvalue weighted by atomic mass is 10.00. The second kappa shape index (κ2) is 51.7. The number of azo groups is 1. The average molecular weight is 1760 g/mol. The number of carbonyl (C=O) groups is 12. The second-order valence-electron chi connectivity index (χ2n) is 31.8. The fourth-order valence-corrected chi connectivity index (χ4v) is 14.9. The van der Waals surface area contributed by atoms with Crippen molar-refractivity contribution in [2.75, 3.05) is 70.1 Å². The molecule has 126 heavy (non-hydrogen) atoms. The molecule has 10 atom stereocenters. The Hall–Kier alpha value is -12.5. The van der Waals surface area contributed by atoms with Crippen LogP contribution in [0.25, 0.3) is 10.8 Å². The molecule has 1 aliphatic rings. The monoisotopic (exact) mass is 1760 g/mol. The Bertz CT molecular complexity index is 4780. The molecule has 0 saturated carbocycles. The third kappa shape index (κ3) is 33.5. The summed E-state index contributed by atoms with van der Waals surface area (Å²) in [6.07, 6.45) is 2.73. The summed E-state index contributed by atoms with van der Waals surface area (Å²) in [5.74, 6) is -9.07. The van der Waals surface area contributed by atoms with Gasteiger partial charge in [0.05, 0.1) is 17.4 Å². The zero-order valence-electron chi connectivity index (χ0n) is 72.1. The van der Waals surface area contributed by atoms with Gasteiger partial charge in [-0.3, -0.25) is 67.5 Å². The molecule has 24 N–H and O–H groups in total. The molecule has 37 nitrogen and oxygen atoms in total. The van der Waals surface area contributed by atoms with Crippen molar-refractivity contribution in [3.8, 4) is 0 Å². The molecule has 0 radical (unpaired) electrons. The maximum absolute atomic E-state index is 15.1. The second-order valence-corrected chi connectivity index (χ2v) is 33.2. The third-order valence-corrected chi connectivity index (χ3v) is 22.0. The standard InChI is InChI=1S/C88H124N22O15S/c1-55(2)52-71(83(118)100-67(77(92)112)28-14-17-47-97-79(114)59-35-37-60(38-36-59)107-108-61-39-41-62(42-40-61)109(4)5)104-82(117)69(32-20-48-98-88(93)94)102-84(119)72(53-57-22-8-6-9-23-57)106-85(120)73(54-58-24-10-7-11-25-58)105-81(116)68(29-12-15-45-89)101-78(113)56(3)99-86(121)74-33-21-51-110(74)87(122)70(30-13-16-46-90)103-80(115)65(91)43-44-76(111)96-50-49-95-66-31-18-27-64-63(66)26-19-34-75(64)126(123,124)125/h6-11,18-19,22-27,31,34-42,55-56,65,67-74,95H,12-17,20-21,28-30,32-33,43-54,89-91H2,1-5H3,(H2,92,112)(H,96,111)(H,97,114)(H,99,121)(H,100,118)(H,101,113)(H,102,119)(H,103,115)(H,104,117)(H,105,116)(H,106,120)(H4,93,94,98)(H,123,124,125)/t56-,65-,67-,68-,69-,70-,71-,72-,73-,74-/m0/s1. The van der Waals surface area contributed by atoms with Crippen LogP contribution in [0.1, 0.15) is 145 Å². The van der Waals surface area contributed by atoms with Crippen molar-refractivity contribution in [3.63, 3.8) is 0 Å². The molecule has 682 valence electrons. The molecule has 12 amide bonds. The van der Waals surface area contributed by atoms with Gasteiger partial charge in [-0.05, 0) is 194 Å². The number of guanidine groups is 1. The summed E-state index contributed by atoms with van der Waals surface area (Å²) in [7, 11) is -0.618. The molecule has 0 aliphatic carbocycles. The van der Waals surface area contributed by atoms with Crippen LogP contribution in [0.4, 0.5) is 22.7 Å². The zero-order valence-corrected chi connectivity index (χ0v) is 72.9. The highest BCUT2D eigenvalue weighted by atomic mass is 32.2. The quantitative estimate of drug-likeness (QED) is 0.00857. The molecule has 1 fully saturated rings. The van der Waals surface area contributed by atoms with Gasteiger partial charge in [-0.2, -0.15) is 18.6 Å². The molecule has 6 aromatic carbocycles. The lowest BCUT2D eigenvalue weighted by Crippen LogP contribution is -2.61. The van der Waals surface area contributed by atoms with Crippen molar-refractivity contribution in [3.05, 3.63) is 162 Å². The van der Waals surface area contributed by atoms with Gasteiger partial charge in [-0.25, -0.2) is 0 Å². The summed E-state index contributed by atoms with van der Waals surface area (Å²) >= 11 is 0. The molecule has 38 heteroatoms. The molecule has 7 rings (SSSR count). The van der Waals surface area contributed by atoms with E-state index in [0.717, 1.165) is 5.69 Å². The fraction of sp³-hybridized carbons (Fsp3) is 0.466. The minimum Gasteiger partial charge on any atom is -0.383 e. The number of primary amides is 1. The number of rotatable bonds is 53. The fourth-order valence-electron chi connectivity index (χ4n) is 14.2. The molecular formula is C88H124N22O15S. The number of hydrogen-bond acceptors (Lipinski definition) is 22. The Morgan fingerprint density at radius 1 is 0.508 bits per heavy atom. The lowest BCUT2D eigenvalue weighted by molar-refractivity contribution is -0.142. The first-order valence-electron chi connectivity index (χ1n) is 42.6. The smallest absolute Gasteiger partial charge is 0.295 e. The van der Waals surface area contributed by atoms with Crippen molar-refractivity contribution in [1.82, 2.24) is 63.4 Å². The van der Waals surface area contributed by atoms with Crippen molar-refractivity contribution in [2.45, 2.75) is 202 Å². The number of amides is 12. The topological polar surface area (TPSA) is 589 Å². The van der Waals surface area contributed by atoms with Crippen LogP contribution in [0.2, 0.25) is 0 Å². The predicted molar refractivity (Wildman–Crippen MR) is 480 cm³/mol. The first-order valence-corrected chi connectivity index (χ1v) is 44.1. The average Bonchev–Trinajstić information content (AvgIpc) is 0.904. The van der Waals surface area contributed by atoms with E-state index in [0.29, 0.717) is 89.5 Å². The molecule has 6 aromatic rings. The molecule has 0 bridgehead atoms.